The van der Waals surface area contributed by atoms with E-state index in [2.05, 4.69) is 0 Å². The zero-order valence-electron chi connectivity index (χ0n) is 22.2. The van der Waals surface area contributed by atoms with Crippen LogP contribution in [0.5, 0.6) is 17.2 Å². The fourth-order valence-electron chi connectivity index (χ4n) is 2.91. The Morgan fingerprint density at radius 1 is 0.765 bits per heavy atom. The molecular weight excluding hydrogens is 428 g/mol. The van der Waals surface area contributed by atoms with Gasteiger partial charge in [-0.1, -0.05) is 6.07 Å². The predicted octanol–water partition coefficient (Wildman–Crippen LogP) is 7.20. The second-order valence-electron chi connectivity index (χ2n) is 11.4. The molecule has 0 saturated heterocycles. The summed E-state index contributed by atoms with van der Waals surface area (Å²) in [6.45, 7) is 19.2. The van der Waals surface area contributed by atoms with Gasteiger partial charge in [0.25, 0.3) is 0 Å². The molecule has 0 radical (unpaired) electrons. The van der Waals surface area contributed by atoms with Crippen molar-refractivity contribution in [2.24, 2.45) is 5.41 Å². The summed E-state index contributed by atoms with van der Waals surface area (Å²) in [5.41, 5.74) is 0.711. The Labute approximate surface area is 204 Å². The van der Waals surface area contributed by atoms with E-state index in [-0.39, 0.29) is 11.8 Å². The van der Waals surface area contributed by atoms with Crippen LogP contribution in [-0.4, -0.2) is 23.0 Å². The molecule has 34 heavy (non-hydrogen) atoms. The Balaban J connectivity index is 2.36. The van der Waals surface area contributed by atoms with Crippen LogP contribution in [-0.2, 0) is 4.79 Å². The molecule has 0 aromatic heterocycles. The molecule has 0 aliphatic carbocycles. The summed E-state index contributed by atoms with van der Waals surface area (Å²) in [6.07, 6.45) is 3.25. The van der Waals surface area contributed by atoms with Crippen molar-refractivity contribution in [3.63, 3.8) is 0 Å². The van der Waals surface area contributed by atoms with Gasteiger partial charge >= 0.3 is 5.97 Å². The van der Waals surface area contributed by atoms with Crippen molar-refractivity contribution in [3.8, 4) is 17.2 Å². The summed E-state index contributed by atoms with van der Waals surface area (Å²) < 4.78 is 17.8. The van der Waals surface area contributed by atoms with E-state index in [9.17, 15) is 9.59 Å². The third-order valence-electron chi connectivity index (χ3n) is 4.54. The number of benzene rings is 2. The molecule has 0 atom stereocenters. The molecule has 2 aromatic rings. The lowest BCUT2D eigenvalue weighted by Gasteiger charge is -2.27. The fraction of sp³-hybridized carbons (Fsp3) is 0.448. The lowest BCUT2D eigenvalue weighted by molar-refractivity contribution is -0.143. The molecule has 0 fully saturated rings. The van der Waals surface area contributed by atoms with Crippen LogP contribution < -0.4 is 14.2 Å². The Bertz CT molecular complexity index is 1060. The molecule has 0 spiro atoms. The van der Waals surface area contributed by atoms with Crippen molar-refractivity contribution in [2.75, 3.05) is 0 Å². The van der Waals surface area contributed by atoms with Crippen LogP contribution >= 0.6 is 0 Å². The van der Waals surface area contributed by atoms with Gasteiger partial charge < -0.3 is 14.2 Å². The quantitative estimate of drug-likeness (QED) is 0.195. The molecule has 2 rings (SSSR count). The first kappa shape index (κ1) is 27.2. The minimum atomic E-state index is -0.606. The van der Waals surface area contributed by atoms with Gasteiger partial charge in [-0.05, 0) is 117 Å². The Kier molecular flexibility index (Phi) is 8.02. The number of hydrogen-bond donors (Lipinski definition) is 0. The Morgan fingerprint density at radius 2 is 1.32 bits per heavy atom. The number of carbonyl (C=O) groups is 2. The zero-order valence-corrected chi connectivity index (χ0v) is 22.2. The van der Waals surface area contributed by atoms with Crippen molar-refractivity contribution in [1.29, 1.82) is 0 Å². The molecular formula is C29H38O5. The summed E-state index contributed by atoms with van der Waals surface area (Å²) in [5, 5.41) is 0. The number of hydrogen-bond acceptors (Lipinski definition) is 5. The minimum Gasteiger partial charge on any atom is -0.487 e. The maximum atomic E-state index is 12.9. The number of ketones is 1. The lowest BCUT2D eigenvalue weighted by atomic mass is 9.97. The van der Waals surface area contributed by atoms with Gasteiger partial charge in [0.2, 0.25) is 0 Å². The molecule has 0 N–H and O–H groups in total. The van der Waals surface area contributed by atoms with Crippen molar-refractivity contribution < 1.29 is 23.8 Å². The highest BCUT2D eigenvalue weighted by atomic mass is 16.5. The molecule has 2 aromatic carbocycles. The second kappa shape index (κ2) is 10.0. The van der Waals surface area contributed by atoms with Crippen molar-refractivity contribution in [2.45, 2.75) is 80.4 Å². The van der Waals surface area contributed by atoms with E-state index >= 15 is 0 Å². The van der Waals surface area contributed by atoms with Gasteiger partial charge in [-0.25, -0.2) is 0 Å². The smallest absolute Gasteiger partial charge is 0.316 e. The third kappa shape index (κ3) is 8.05. The fourth-order valence-corrected chi connectivity index (χ4v) is 2.91. The molecule has 184 valence electrons. The normalized spacial score (nSPS) is 12.5. The van der Waals surface area contributed by atoms with E-state index in [1.54, 1.807) is 51.1 Å². The first-order valence-corrected chi connectivity index (χ1v) is 11.5. The molecule has 0 unspecified atom stereocenters. The number of rotatable bonds is 6. The summed E-state index contributed by atoms with van der Waals surface area (Å²) in [6, 6.07) is 10.4. The van der Waals surface area contributed by atoms with Gasteiger partial charge in [0, 0.05) is 5.56 Å². The predicted molar refractivity (Wildman–Crippen MR) is 137 cm³/mol. The first-order valence-electron chi connectivity index (χ1n) is 11.5. The molecule has 0 saturated carbocycles. The number of ether oxygens (including phenoxy) is 3. The van der Waals surface area contributed by atoms with E-state index in [0.29, 0.717) is 28.4 Å². The SMILES string of the molecule is Cc1ccc(OC(C)(C)C)c(C=CC(=O)c2ccc(OC(=O)C(C)(C)C)cc2)c1OC(C)(C)C. The van der Waals surface area contributed by atoms with Gasteiger partial charge in [0.05, 0.1) is 11.0 Å². The van der Waals surface area contributed by atoms with Gasteiger partial charge in [-0.15, -0.1) is 0 Å². The van der Waals surface area contributed by atoms with E-state index < -0.39 is 16.6 Å². The van der Waals surface area contributed by atoms with Crippen LogP contribution in [0.4, 0.5) is 0 Å². The molecule has 0 aliphatic rings. The Morgan fingerprint density at radius 3 is 1.82 bits per heavy atom. The van der Waals surface area contributed by atoms with E-state index in [4.69, 9.17) is 14.2 Å². The van der Waals surface area contributed by atoms with Crippen LogP contribution in [0.1, 0.15) is 83.8 Å². The van der Waals surface area contributed by atoms with Crippen LogP contribution in [0, 0.1) is 12.3 Å². The van der Waals surface area contributed by atoms with E-state index in [1.165, 1.54) is 6.08 Å². The van der Waals surface area contributed by atoms with Crippen LogP contribution in [0.15, 0.2) is 42.5 Å². The largest absolute Gasteiger partial charge is 0.487 e. The van der Waals surface area contributed by atoms with Crippen molar-refractivity contribution >= 4 is 17.8 Å². The highest BCUT2D eigenvalue weighted by Crippen LogP contribution is 2.37. The van der Waals surface area contributed by atoms with Gasteiger partial charge in [0.15, 0.2) is 5.78 Å². The summed E-state index contributed by atoms with van der Waals surface area (Å²) in [7, 11) is 0. The minimum absolute atomic E-state index is 0.182. The van der Waals surface area contributed by atoms with E-state index in [1.807, 2.05) is 60.6 Å². The zero-order chi connectivity index (χ0) is 25.9. The summed E-state index contributed by atoms with van der Waals surface area (Å²) >= 11 is 0. The number of aryl methyl sites for hydroxylation is 1. The first-order chi connectivity index (χ1) is 15.5. The highest BCUT2D eigenvalue weighted by Gasteiger charge is 2.24. The molecule has 0 bridgehead atoms. The lowest BCUT2D eigenvalue weighted by Crippen LogP contribution is -2.25. The van der Waals surface area contributed by atoms with E-state index in [0.717, 1.165) is 5.56 Å². The average molecular weight is 467 g/mol. The van der Waals surface area contributed by atoms with Gasteiger partial charge in [-0.3, -0.25) is 9.59 Å². The highest BCUT2D eigenvalue weighted by molar-refractivity contribution is 6.07. The monoisotopic (exact) mass is 466 g/mol. The van der Waals surface area contributed by atoms with Crippen LogP contribution in [0.3, 0.4) is 0 Å². The molecule has 0 amide bonds. The number of esters is 1. The van der Waals surface area contributed by atoms with Crippen molar-refractivity contribution in [3.05, 3.63) is 59.2 Å². The molecule has 5 heteroatoms. The van der Waals surface area contributed by atoms with Gasteiger partial charge in [0.1, 0.15) is 28.5 Å². The maximum absolute atomic E-state index is 12.9. The topological polar surface area (TPSA) is 61.8 Å². The van der Waals surface area contributed by atoms with Crippen LogP contribution in [0.2, 0.25) is 0 Å². The Hall–Kier alpha value is -3.08. The summed E-state index contributed by atoms with van der Waals surface area (Å²) in [5.74, 6) is 1.22. The summed E-state index contributed by atoms with van der Waals surface area (Å²) in [4.78, 5) is 25.0. The van der Waals surface area contributed by atoms with Crippen LogP contribution in [0.25, 0.3) is 6.08 Å². The molecule has 5 nitrogen and oxygen atoms in total. The maximum Gasteiger partial charge on any atom is 0.316 e. The van der Waals surface area contributed by atoms with Crippen molar-refractivity contribution in [1.82, 2.24) is 0 Å². The number of carbonyl (C=O) groups excluding carboxylic acids is 2. The third-order valence-corrected chi connectivity index (χ3v) is 4.54. The molecule has 0 heterocycles. The van der Waals surface area contributed by atoms with Gasteiger partial charge in [-0.2, -0.15) is 0 Å². The standard InChI is InChI=1S/C29H38O5/c1-19-11-18-24(33-28(5,6)7)22(25(19)34-29(8,9)10)16-17-23(30)20-12-14-21(15-13-20)32-26(31)27(2,3)4/h11-18H,1-10H3. The number of allylic oxidation sites excluding steroid dienone is 1. The molecule has 0 aliphatic heterocycles. The average Bonchev–Trinajstić information content (AvgIpc) is 2.67. The second-order valence-corrected chi connectivity index (χ2v) is 11.4.